The second-order valence-corrected chi connectivity index (χ2v) is 2.49. The summed E-state index contributed by atoms with van der Waals surface area (Å²) in [6, 6.07) is 0. The molecule has 6 heteroatoms. The summed E-state index contributed by atoms with van der Waals surface area (Å²) in [4.78, 5) is 14.2. The first-order chi connectivity index (χ1) is 6.21. The molecule has 0 spiro atoms. The second-order valence-electron chi connectivity index (χ2n) is 1.70. The lowest BCUT2D eigenvalue weighted by Gasteiger charge is -2.02. The quantitative estimate of drug-likeness (QED) is 0.212. The standard InChI is InChI=1S/C7H6N3O2S/c1-12-7(11)5(3-8)6(13-2)10-4-9/h1-2H3/q-1. The van der Waals surface area contributed by atoms with Crippen LogP contribution in [-0.4, -0.2) is 30.2 Å². The van der Waals surface area contributed by atoms with E-state index in [-0.39, 0.29) is 10.6 Å². The third-order valence-corrected chi connectivity index (χ3v) is 1.74. The second kappa shape index (κ2) is 6.00. The molecule has 0 unspecified atom stereocenters. The Bertz CT molecular complexity index is 323. The number of methoxy groups -OCH3 is 1. The molecule has 0 saturated carbocycles. The number of aliphatic imine (C=N–C) groups is 1. The summed E-state index contributed by atoms with van der Waals surface area (Å²) in [5.41, 5.74) is -0.253. The van der Waals surface area contributed by atoms with E-state index in [9.17, 15) is 4.79 Å². The lowest BCUT2D eigenvalue weighted by atomic mass is 10.3. The van der Waals surface area contributed by atoms with E-state index in [4.69, 9.17) is 10.7 Å². The fourth-order valence-electron chi connectivity index (χ4n) is 0.532. The van der Waals surface area contributed by atoms with E-state index in [1.54, 1.807) is 12.1 Å². The van der Waals surface area contributed by atoms with Gasteiger partial charge in [-0.1, -0.05) is 0 Å². The Labute approximate surface area is 79.6 Å². The van der Waals surface area contributed by atoms with Gasteiger partial charge in [-0.2, -0.15) is 10.3 Å². The molecule has 0 aliphatic rings. The summed E-state index contributed by atoms with van der Waals surface area (Å²) in [6.07, 6.45) is 3.11. The van der Waals surface area contributed by atoms with Crippen molar-refractivity contribution in [3.8, 4) is 6.19 Å². The first-order valence-electron chi connectivity index (χ1n) is 3.07. The van der Waals surface area contributed by atoms with Crippen LogP contribution in [0.4, 0.5) is 0 Å². The van der Waals surface area contributed by atoms with Crippen LogP contribution in [0.1, 0.15) is 0 Å². The average molecular weight is 196 g/mol. The summed E-state index contributed by atoms with van der Waals surface area (Å²) in [7, 11) is 1.16. The molecule has 0 N–H and O–H groups in total. The molecule has 0 atom stereocenters. The van der Waals surface area contributed by atoms with Crippen LogP contribution < -0.4 is 0 Å². The number of hydrogen-bond donors (Lipinski definition) is 0. The van der Waals surface area contributed by atoms with Crippen molar-refractivity contribution in [1.29, 1.82) is 5.26 Å². The molecule has 0 fully saturated rings. The van der Waals surface area contributed by atoms with E-state index in [2.05, 4.69) is 9.73 Å². The molecule has 0 rings (SSSR count). The Morgan fingerprint density at radius 1 is 1.69 bits per heavy atom. The maximum Gasteiger partial charge on any atom is 0.346 e. The van der Waals surface area contributed by atoms with Crippen LogP contribution in [0.15, 0.2) is 10.6 Å². The van der Waals surface area contributed by atoms with Crippen molar-refractivity contribution in [2.75, 3.05) is 13.4 Å². The molecular weight excluding hydrogens is 190 g/mol. The predicted octanol–water partition coefficient (Wildman–Crippen LogP) is 0.567. The Morgan fingerprint density at radius 3 is 2.62 bits per heavy atom. The minimum Gasteiger partial charge on any atom is -0.763 e. The van der Waals surface area contributed by atoms with Crippen LogP contribution in [0.25, 0.3) is 5.41 Å². The molecule has 0 saturated heterocycles. The number of nitriles is 1. The first-order valence-corrected chi connectivity index (χ1v) is 4.30. The van der Waals surface area contributed by atoms with Crippen molar-refractivity contribution >= 4 is 28.6 Å². The number of carbonyl (C=O) groups excluding carboxylic acids is 1. The normalized spacial score (nSPS) is 9.77. The minimum atomic E-state index is -0.786. The molecule has 0 heterocycles. The Morgan fingerprint density at radius 2 is 2.31 bits per heavy atom. The zero-order valence-corrected chi connectivity index (χ0v) is 7.88. The molecule has 0 aliphatic heterocycles. The highest BCUT2D eigenvalue weighted by molar-refractivity contribution is 8.14. The number of ether oxygens (including phenoxy) is 1. The van der Waals surface area contributed by atoms with Crippen molar-refractivity contribution in [3.63, 3.8) is 0 Å². The smallest absolute Gasteiger partial charge is 0.346 e. The lowest BCUT2D eigenvalue weighted by Crippen LogP contribution is -2.12. The summed E-state index contributed by atoms with van der Waals surface area (Å²) in [5.74, 6) is 0.842. The van der Waals surface area contributed by atoms with Gasteiger partial charge in [0.25, 0.3) is 0 Å². The maximum atomic E-state index is 10.9. The van der Waals surface area contributed by atoms with Crippen LogP contribution in [0.2, 0.25) is 0 Å². The summed E-state index contributed by atoms with van der Waals surface area (Å²) in [6.45, 7) is 0. The van der Waals surface area contributed by atoms with Gasteiger partial charge >= 0.3 is 5.97 Å². The lowest BCUT2D eigenvalue weighted by molar-refractivity contribution is -0.135. The third-order valence-electron chi connectivity index (χ3n) is 1.06. The zero-order chi connectivity index (χ0) is 10.3. The highest BCUT2D eigenvalue weighted by Crippen LogP contribution is 2.08. The van der Waals surface area contributed by atoms with Gasteiger partial charge in [-0.15, -0.1) is 11.8 Å². The fraction of sp³-hybridized carbons (Fsp3) is 0.286. The summed E-state index contributed by atoms with van der Waals surface area (Å²) in [5, 5.41) is 16.9. The summed E-state index contributed by atoms with van der Waals surface area (Å²) < 4.78 is 4.33. The van der Waals surface area contributed by atoms with E-state index in [1.165, 1.54) is 6.19 Å². The molecule has 0 aromatic heterocycles. The average Bonchev–Trinajstić information content (AvgIpc) is 2.17. The van der Waals surface area contributed by atoms with Gasteiger partial charge in [0.1, 0.15) is 10.6 Å². The van der Waals surface area contributed by atoms with Gasteiger partial charge in [0, 0.05) is 0 Å². The van der Waals surface area contributed by atoms with Crippen LogP contribution in [-0.2, 0) is 9.53 Å². The van der Waals surface area contributed by atoms with E-state index < -0.39 is 5.97 Å². The minimum absolute atomic E-state index is 0.0665. The molecule has 0 radical (unpaired) electrons. The molecule has 0 aromatic rings. The van der Waals surface area contributed by atoms with Gasteiger partial charge in [0.2, 0.25) is 6.19 Å². The van der Waals surface area contributed by atoms with Crippen molar-refractivity contribution in [2.45, 2.75) is 0 Å². The number of nitrogens with zero attached hydrogens (tertiary/aromatic N) is 3. The molecule has 0 aromatic carbocycles. The van der Waals surface area contributed by atoms with Crippen LogP contribution >= 0.6 is 11.8 Å². The zero-order valence-electron chi connectivity index (χ0n) is 7.07. The number of esters is 1. The number of thioether (sulfide) groups is 1. The Balaban J connectivity index is 5.01. The number of rotatable bonds is 2. The Kier molecular flexibility index (Phi) is 5.28. The predicted molar refractivity (Wildman–Crippen MR) is 50.5 cm³/mol. The van der Waals surface area contributed by atoms with E-state index in [0.717, 1.165) is 18.9 Å². The van der Waals surface area contributed by atoms with Crippen molar-refractivity contribution in [2.24, 2.45) is 4.99 Å². The monoisotopic (exact) mass is 196 g/mol. The van der Waals surface area contributed by atoms with Crippen molar-refractivity contribution in [3.05, 3.63) is 11.0 Å². The number of hydrogen-bond acceptors (Lipinski definition) is 5. The van der Waals surface area contributed by atoms with E-state index in [0.29, 0.717) is 0 Å². The third kappa shape index (κ3) is 3.11. The van der Waals surface area contributed by atoms with Gasteiger partial charge in [-0.3, -0.25) is 5.87 Å². The SMILES string of the molecule is COC(=O)C(=C=[N-])C(=NC#N)SC. The molecule has 0 bridgehead atoms. The van der Waals surface area contributed by atoms with Gasteiger partial charge in [0.15, 0.2) is 0 Å². The largest absolute Gasteiger partial charge is 0.763 e. The van der Waals surface area contributed by atoms with Crippen molar-refractivity contribution in [1.82, 2.24) is 0 Å². The van der Waals surface area contributed by atoms with Crippen LogP contribution in [0, 0.1) is 11.5 Å². The molecule has 0 aliphatic carbocycles. The summed E-state index contributed by atoms with van der Waals surface area (Å²) >= 11 is 1.04. The molecular formula is C7H6N3O2S-. The molecule has 68 valence electrons. The van der Waals surface area contributed by atoms with Crippen molar-refractivity contribution < 1.29 is 9.53 Å². The molecule has 5 nitrogen and oxygen atoms in total. The molecule has 0 amide bonds. The number of carbonyl (C=O) groups is 1. The van der Waals surface area contributed by atoms with Crippen LogP contribution in [0.3, 0.4) is 0 Å². The van der Waals surface area contributed by atoms with Gasteiger partial charge in [-0.25, -0.2) is 4.79 Å². The highest BCUT2D eigenvalue weighted by Gasteiger charge is 2.13. The van der Waals surface area contributed by atoms with E-state index >= 15 is 0 Å². The topological polar surface area (TPSA) is 84.8 Å². The van der Waals surface area contributed by atoms with Crippen LogP contribution in [0.5, 0.6) is 0 Å². The molecule has 13 heavy (non-hydrogen) atoms. The maximum absolute atomic E-state index is 10.9. The highest BCUT2D eigenvalue weighted by atomic mass is 32.2. The van der Waals surface area contributed by atoms with Gasteiger partial charge < -0.3 is 10.1 Å². The fourth-order valence-corrected chi connectivity index (χ4v) is 0.997. The Hall–Kier alpha value is -1.57. The van der Waals surface area contributed by atoms with E-state index in [1.807, 2.05) is 0 Å². The van der Waals surface area contributed by atoms with Gasteiger partial charge in [-0.05, 0) is 6.26 Å². The first kappa shape index (κ1) is 11.4. The van der Waals surface area contributed by atoms with Gasteiger partial charge in [0.05, 0.1) is 7.11 Å².